The van der Waals surface area contributed by atoms with Gasteiger partial charge in [0.15, 0.2) is 0 Å². The monoisotopic (exact) mass is 299 g/mol. The van der Waals surface area contributed by atoms with Gasteiger partial charge in [-0.1, -0.05) is 35.9 Å². The Morgan fingerprint density at radius 3 is 2.86 bits per heavy atom. The van der Waals surface area contributed by atoms with Gasteiger partial charge in [0.05, 0.1) is 12.1 Å². The Labute approximate surface area is 130 Å². The highest BCUT2D eigenvalue weighted by molar-refractivity contribution is 6.32. The maximum Gasteiger partial charge on any atom is 0.137 e. The Bertz CT molecular complexity index is 698. The molecular formula is C18H18ClNO. The fraction of sp³-hybridized carbons (Fsp3) is 0.333. The quantitative estimate of drug-likeness (QED) is 0.869. The molecule has 0 amide bonds. The molecule has 0 saturated heterocycles. The molecular weight excluding hydrogens is 282 g/mol. The molecule has 2 aromatic carbocycles. The van der Waals surface area contributed by atoms with E-state index in [1.165, 1.54) is 22.3 Å². The minimum atomic E-state index is 0.407. The van der Waals surface area contributed by atoms with Crippen molar-refractivity contribution < 1.29 is 4.74 Å². The molecule has 0 aromatic heterocycles. The topological polar surface area (TPSA) is 21.3 Å². The first-order valence-corrected chi connectivity index (χ1v) is 7.83. The van der Waals surface area contributed by atoms with Crippen LogP contribution in [0.4, 0.5) is 0 Å². The Balaban J connectivity index is 1.91. The third kappa shape index (κ3) is 2.05. The predicted molar refractivity (Wildman–Crippen MR) is 85.5 cm³/mol. The molecule has 1 aliphatic carbocycles. The first-order valence-electron chi connectivity index (χ1n) is 7.45. The minimum Gasteiger partial charge on any atom is -0.495 e. The number of nitrogens with one attached hydrogen (secondary N) is 1. The van der Waals surface area contributed by atoms with Crippen LogP contribution < -0.4 is 10.1 Å². The molecule has 2 aliphatic rings. The van der Waals surface area contributed by atoms with Gasteiger partial charge in [0, 0.05) is 12.0 Å². The van der Waals surface area contributed by atoms with Crippen LogP contribution in [0, 0.1) is 0 Å². The summed E-state index contributed by atoms with van der Waals surface area (Å²) in [5.41, 5.74) is 5.62. The standard InChI is InChI=1S/C18H18ClNO/c1-21-17-10-14-12(8-15(17)19)6-7-20-16-9-11-4-2-3-5-13(11)18(14)16/h2-5,8,10,16,18,20H,6-7,9H2,1H3/t16-,18+/m0/s1. The van der Waals surface area contributed by atoms with E-state index in [4.69, 9.17) is 16.3 Å². The number of rotatable bonds is 1. The van der Waals surface area contributed by atoms with Crippen LogP contribution in [0.15, 0.2) is 36.4 Å². The molecule has 1 heterocycles. The molecule has 0 unspecified atom stereocenters. The first-order chi connectivity index (χ1) is 10.3. The van der Waals surface area contributed by atoms with Crippen LogP contribution in [0.1, 0.15) is 28.2 Å². The third-order valence-corrected chi connectivity index (χ3v) is 5.08. The Morgan fingerprint density at radius 2 is 2.00 bits per heavy atom. The van der Waals surface area contributed by atoms with Crippen LogP contribution in [-0.2, 0) is 12.8 Å². The predicted octanol–water partition coefficient (Wildman–Crippen LogP) is 3.55. The van der Waals surface area contributed by atoms with Crippen molar-refractivity contribution in [2.45, 2.75) is 24.8 Å². The van der Waals surface area contributed by atoms with Gasteiger partial charge >= 0.3 is 0 Å². The second-order valence-electron chi connectivity index (χ2n) is 5.88. The molecule has 1 aliphatic heterocycles. The maximum absolute atomic E-state index is 6.31. The summed E-state index contributed by atoms with van der Waals surface area (Å²) in [6.07, 6.45) is 2.12. The third-order valence-electron chi connectivity index (χ3n) is 4.78. The Kier molecular flexibility index (Phi) is 3.16. The summed E-state index contributed by atoms with van der Waals surface area (Å²) in [5, 5.41) is 4.42. The molecule has 0 bridgehead atoms. The highest BCUT2D eigenvalue weighted by Gasteiger charge is 2.36. The molecule has 21 heavy (non-hydrogen) atoms. The highest BCUT2D eigenvalue weighted by atomic mass is 35.5. The Morgan fingerprint density at radius 1 is 1.14 bits per heavy atom. The van der Waals surface area contributed by atoms with Gasteiger partial charge in [0.25, 0.3) is 0 Å². The molecule has 2 aromatic rings. The Hall–Kier alpha value is -1.51. The summed E-state index contributed by atoms with van der Waals surface area (Å²) in [4.78, 5) is 0. The summed E-state index contributed by atoms with van der Waals surface area (Å²) in [6, 6.07) is 13.5. The fourth-order valence-electron chi connectivity index (χ4n) is 3.83. The van der Waals surface area contributed by atoms with Gasteiger partial charge in [-0.15, -0.1) is 0 Å². The molecule has 1 N–H and O–H groups in total. The van der Waals surface area contributed by atoms with Gasteiger partial charge in [-0.2, -0.15) is 0 Å². The van der Waals surface area contributed by atoms with E-state index < -0.39 is 0 Å². The van der Waals surface area contributed by atoms with Crippen molar-refractivity contribution in [1.29, 1.82) is 0 Å². The lowest BCUT2D eigenvalue weighted by atomic mass is 9.87. The van der Waals surface area contributed by atoms with E-state index in [0.29, 0.717) is 17.0 Å². The first kappa shape index (κ1) is 13.2. The van der Waals surface area contributed by atoms with Gasteiger partial charge in [0.2, 0.25) is 0 Å². The van der Waals surface area contributed by atoms with Crippen molar-refractivity contribution in [1.82, 2.24) is 5.32 Å². The van der Waals surface area contributed by atoms with Crippen LogP contribution in [-0.4, -0.2) is 19.7 Å². The van der Waals surface area contributed by atoms with Gasteiger partial charge in [-0.3, -0.25) is 0 Å². The van der Waals surface area contributed by atoms with E-state index in [2.05, 4.69) is 41.7 Å². The molecule has 2 atom stereocenters. The molecule has 108 valence electrons. The van der Waals surface area contributed by atoms with Crippen molar-refractivity contribution in [3.8, 4) is 5.75 Å². The van der Waals surface area contributed by atoms with Crippen molar-refractivity contribution >= 4 is 11.6 Å². The zero-order chi connectivity index (χ0) is 14.4. The molecule has 0 fully saturated rings. The number of hydrogen-bond acceptors (Lipinski definition) is 2. The number of benzene rings is 2. The molecule has 2 nitrogen and oxygen atoms in total. The average Bonchev–Trinajstić information content (AvgIpc) is 2.77. The van der Waals surface area contributed by atoms with Crippen LogP contribution in [0.3, 0.4) is 0 Å². The maximum atomic E-state index is 6.31. The van der Waals surface area contributed by atoms with Crippen LogP contribution in [0.2, 0.25) is 5.02 Å². The molecule has 0 spiro atoms. The highest BCUT2D eigenvalue weighted by Crippen LogP contribution is 2.43. The van der Waals surface area contributed by atoms with Gasteiger partial charge in [-0.25, -0.2) is 0 Å². The summed E-state index contributed by atoms with van der Waals surface area (Å²) >= 11 is 6.31. The summed E-state index contributed by atoms with van der Waals surface area (Å²) in [6.45, 7) is 1.00. The lowest BCUT2D eigenvalue weighted by molar-refractivity contribution is 0.413. The summed E-state index contributed by atoms with van der Waals surface area (Å²) in [5.74, 6) is 1.19. The van der Waals surface area contributed by atoms with Crippen molar-refractivity contribution in [3.63, 3.8) is 0 Å². The largest absolute Gasteiger partial charge is 0.495 e. The number of hydrogen-bond donors (Lipinski definition) is 1. The van der Waals surface area contributed by atoms with Crippen LogP contribution in [0.5, 0.6) is 5.75 Å². The van der Waals surface area contributed by atoms with E-state index in [-0.39, 0.29) is 0 Å². The zero-order valence-corrected chi connectivity index (χ0v) is 12.8. The number of ether oxygens (including phenoxy) is 1. The SMILES string of the molecule is COc1cc2c(cc1Cl)CCN[C@H]1Cc3ccccc3[C@H]21. The van der Waals surface area contributed by atoms with Crippen LogP contribution in [0.25, 0.3) is 0 Å². The van der Waals surface area contributed by atoms with E-state index in [1.807, 2.05) is 0 Å². The lowest BCUT2D eigenvalue weighted by Gasteiger charge is -2.21. The van der Waals surface area contributed by atoms with Gasteiger partial charge in [-0.05, 0) is 53.8 Å². The molecule has 0 saturated carbocycles. The molecule has 4 rings (SSSR count). The van der Waals surface area contributed by atoms with E-state index in [1.54, 1.807) is 7.11 Å². The molecule has 3 heteroatoms. The van der Waals surface area contributed by atoms with Gasteiger partial charge < -0.3 is 10.1 Å². The zero-order valence-electron chi connectivity index (χ0n) is 12.0. The number of fused-ring (bicyclic) bond motifs is 5. The second-order valence-corrected chi connectivity index (χ2v) is 6.28. The normalized spacial score (nSPS) is 23.0. The van der Waals surface area contributed by atoms with E-state index >= 15 is 0 Å². The second kappa shape index (κ2) is 5.04. The smallest absolute Gasteiger partial charge is 0.137 e. The number of halogens is 1. The summed E-state index contributed by atoms with van der Waals surface area (Å²) in [7, 11) is 1.68. The van der Waals surface area contributed by atoms with Crippen molar-refractivity contribution in [3.05, 3.63) is 63.7 Å². The lowest BCUT2D eigenvalue weighted by Crippen LogP contribution is -2.32. The minimum absolute atomic E-state index is 0.407. The fourth-order valence-corrected chi connectivity index (χ4v) is 4.10. The van der Waals surface area contributed by atoms with Crippen LogP contribution >= 0.6 is 11.6 Å². The average molecular weight is 300 g/mol. The van der Waals surface area contributed by atoms with Crippen molar-refractivity contribution in [2.24, 2.45) is 0 Å². The van der Waals surface area contributed by atoms with Gasteiger partial charge in [0.1, 0.15) is 5.75 Å². The van der Waals surface area contributed by atoms with E-state index in [0.717, 1.165) is 25.1 Å². The molecule has 0 radical (unpaired) electrons. The van der Waals surface area contributed by atoms with E-state index in [9.17, 15) is 0 Å². The number of methoxy groups -OCH3 is 1. The summed E-state index contributed by atoms with van der Waals surface area (Å²) < 4.78 is 5.44. The van der Waals surface area contributed by atoms with Crippen molar-refractivity contribution in [2.75, 3.05) is 13.7 Å².